The van der Waals surface area contributed by atoms with Crippen LogP contribution in [-0.2, 0) is 15.1 Å². The maximum Gasteiger partial charge on any atom is 0.347 e. The molecule has 3 nitrogen and oxygen atoms in total. The van der Waals surface area contributed by atoms with Gasteiger partial charge in [-0.2, -0.15) is 0 Å². The lowest BCUT2D eigenvalue weighted by Gasteiger charge is -2.26. The molecule has 0 aromatic heterocycles. The minimum absolute atomic E-state index is 0.252. The molecule has 2 aromatic carbocycles. The number of aliphatic hydroxyl groups is 1. The van der Waals surface area contributed by atoms with Crippen LogP contribution < -0.4 is 0 Å². The van der Waals surface area contributed by atoms with Crippen LogP contribution in [0.4, 0.5) is 0 Å². The molecule has 5 heteroatoms. The number of esters is 1. The Kier molecular flexibility index (Phi) is 4.33. The summed E-state index contributed by atoms with van der Waals surface area (Å²) in [4.78, 5) is 12.1. The number of ether oxygens (including phenoxy) is 1. The fourth-order valence-electron chi connectivity index (χ4n) is 1.95. The second-order valence-electron chi connectivity index (χ2n) is 4.20. The van der Waals surface area contributed by atoms with E-state index in [9.17, 15) is 9.90 Å². The lowest BCUT2D eigenvalue weighted by Crippen LogP contribution is -2.38. The van der Waals surface area contributed by atoms with Crippen LogP contribution in [0.25, 0.3) is 0 Å². The SMILES string of the molecule is COC(=O)[C@](O)(c1ccccc1)c1ccc(Cl)c(Cl)c1. The zero-order valence-electron chi connectivity index (χ0n) is 10.6. The van der Waals surface area contributed by atoms with Gasteiger partial charge in [0.25, 0.3) is 0 Å². The van der Waals surface area contributed by atoms with E-state index in [1.54, 1.807) is 30.3 Å². The van der Waals surface area contributed by atoms with Gasteiger partial charge in [-0.3, -0.25) is 0 Å². The highest BCUT2D eigenvalue weighted by Gasteiger charge is 2.41. The molecule has 0 saturated carbocycles. The molecule has 1 N–H and O–H groups in total. The van der Waals surface area contributed by atoms with E-state index in [4.69, 9.17) is 27.9 Å². The summed E-state index contributed by atoms with van der Waals surface area (Å²) in [5.74, 6) is -0.790. The molecule has 2 rings (SSSR count). The Labute approximate surface area is 126 Å². The topological polar surface area (TPSA) is 46.5 Å². The smallest absolute Gasteiger partial charge is 0.347 e. The van der Waals surface area contributed by atoms with Gasteiger partial charge < -0.3 is 9.84 Å². The van der Waals surface area contributed by atoms with Gasteiger partial charge >= 0.3 is 5.97 Å². The highest BCUT2D eigenvalue weighted by molar-refractivity contribution is 6.42. The molecule has 0 amide bonds. The molecule has 0 radical (unpaired) electrons. The summed E-state index contributed by atoms with van der Waals surface area (Å²) in [5.41, 5.74) is -1.24. The van der Waals surface area contributed by atoms with Gasteiger partial charge in [0.15, 0.2) is 0 Å². The minimum atomic E-state index is -1.93. The molecule has 0 unspecified atom stereocenters. The van der Waals surface area contributed by atoms with Crippen LogP contribution in [0.5, 0.6) is 0 Å². The van der Waals surface area contributed by atoms with Gasteiger partial charge in [-0.1, -0.05) is 59.6 Å². The van der Waals surface area contributed by atoms with E-state index >= 15 is 0 Å². The Hall–Kier alpha value is -1.55. The van der Waals surface area contributed by atoms with Crippen molar-refractivity contribution in [3.63, 3.8) is 0 Å². The van der Waals surface area contributed by atoms with E-state index < -0.39 is 11.6 Å². The van der Waals surface area contributed by atoms with Gasteiger partial charge in [-0.25, -0.2) is 4.79 Å². The molecule has 0 saturated heterocycles. The van der Waals surface area contributed by atoms with Gasteiger partial charge in [-0.05, 0) is 17.7 Å². The number of carbonyl (C=O) groups excluding carboxylic acids is 1. The van der Waals surface area contributed by atoms with Crippen LogP contribution in [0.15, 0.2) is 48.5 Å². The minimum Gasteiger partial charge on any atom is -0.466 e. The van der Waals surface area contributed by atoms with Gasteiger partial charge in [0.05, 0.1) is 17.2 Å². The monoisotopic (exact) mass is 310 g/mol. The summed E-state index contributed by atoms with van der Waals surface area (Å²) in [6, 6.07) is 13.0. The molecule has 20 heavy (non-hydrogen) atoms. The van der Waals surface area contributed by atoms with E-state index in [-0.39, 0.29) is 5.02 Å². The maximum absolute atomic E-state index is 12.1. The largest absolute Gasteiger partial charge is 0.466 e. The van der Waals surface area contributed by atoms with Crippen molar-refractivity contribution in [1.29, 1.82) is 0 Å². The summed E-state index contributed by atoms with van der Waals surface area (Å²) in [6.07, 6.45) is 0. The molecular formula is C15H12Cl2O3. The van der Waals surface area contributed by atoms with Crippen LogP contribution in [0.1, 0.15) is 11.1 Å². The first kappa shape index (κ1) is 14.9. The normalized spacial score (nSPS) is 13.6. The van der Waals surface area contributed by atoms with E-state index in [1.165, 1.54) is 25.3 Å². The summed E-state index contributed by atoms with van der Waals surface area (Å²) in [6.45, 7) is 0. The second kappa shape index (κ2) is 5.83. The standard InChI is InChI=1S/C15H12Cl2O3/c1-20-14(18)15(19,10-5-3-2-4-6-10)11-7-8-12(16)13(17)9-11/h2-9,19H,1H3/t15-/m0/s1. The molecule has 0 bridgehead atoms. The average Bonchev–Trinajstić information content (AvgIpc) is 2.49. The summed E-state index contributed by atoms with van der Waals surface area (Å²) < 4.78 is 4.73. The summed E-state index contributed by atoms with van der Waals surface area (Å²) in [5, 5.41) is 11.5. The van der Waals surface area contributed by atoms with Crippen molar-refractivity contribution in [2.45, 2.75) is 5.60 Å². The highest BCUT2D eigenvalue weighted by atomic mass is 35.5. The van der Waals surface area contributed by atoms with Crippen molar-refractivity contribution >= 4 is 29.2 Å². The molecule has 1 atom stereocenters. The third kappa shape index (κ3) is 2.52. The van der Waals surface area contributed by atoms with Crippen LogP contribution in [-0.4, -0.2) is 18.2 Å². The Bertz CT molecular complexity index is 628. The van der Waals surface area contributed by atoms with Crippen LogP contribution in [0, 0.1) is 0 Å². The fourth-order valence-corrected chi connectivity index (χ4v) is 2.25. The van der Waals surface area contributed by atoms with Crippen molar-refractivity contribution in [3.05, 3.63) is 69.7 Å². The quantitative estimate of drug-likeness (QED) is 0.884. The van der Waals surface area contributed by atoms with Crippen molar-refractivity contribution < 1.29 is 14.6 Å². The van der Waals surface area contributed by atoms with E-state index in [1.807, 2.05) is 0 Å². The van der Waals surface area contributed by atoms with Crippen molar-refractivity contribution in [1.82, 2.24) is 0 Å². The van der Waals surface area contributed by atoms with Crippen LogP contribution in [0.3, 0.4) is 0 Å². The number of rotatable bonds is 3. The number of halogens is 2. The molecule has 2 aromatic rings. The number of methoxy groups -OCH3 is 1. The van der Waals surface area contributed by atoms with Gasteiger partial charge in [-0.15, -0.1) is 0 Å². The van der Waals surface area contributed by atoms with Crippen LogP contribution >= 0.6 is 23.2 Å². The second-order valence-corrected chi connectivity index (χ2v) is 5.01. The Morgan fingerprint density at radius 2 is 1.70 bits per heavy atom. The number of hydrogen-bond donors (Lipinski definition) is 1. The molecule has 0 spiro atoms. The fraction of sp³-hybridized carbons (Fsp3) is 0.133. The Morgan fingerprint density at radius 1 is 1.05 bits per heavy atom. The molecule has 0 fully saturated rings. The lowest BCUT2D eigenvalue weighted by atomic mass is 9.86. The molecule has 0 aliphatic carbocycles. The first-order valence-electron chi connectivity index (χ1n) is 5.82. The maximum atomic E-state index is 12.1. The third-order valence-corrected chi connectivity index (χ3v) is 3.75. The predicted octanol–water partition coefficient (Wildman–Crippen LogP) is 3.40. The van der Waals surface area contributed by atoms with Gasteiger partial charge in [0, 0.05) is 5.56 Å². The van der Waals surface area contributed by atoms with Crippen molar-refractivity contribution in [2.75, 3.05) is 7.11 Å². The molecule has 0 aliphatic rings. The van der Waals surface area contributed by atoms with Crippen molar-refractivity contribution in [3.8, 4) is 0 Å². The van der Waals surface area contributed by atoms with E-state index in [0.717, 1.165) is 0 Å². The predicted molar refractivity (Wildman–Crippen MR) is 77.9 cm³/mol. The number of hydrogen-bond acceptors (Lipinski definition) is 3. The average molecular weight is 311 g/mol. The Balaban J connectivity index is 2.64. The summed E-state index contributed by atoms with van der Waals surface area (Å²) in [7, 11) is 1.22. The van der Waals surface area contributed by atoms with Gasteiger partial charge in [0.1, 0.15) is 0 Å². The first-order chi connectivity index (χ1) is 9.50. The zero-order chi connectivity index (χ0) is 14.8. The van der Waals surface area contributed by atoms with Crippen LogP contribution in [0.2, 0.25) is 10.0 Å². The molecular weight excluding hydrogens is 299 g/mol. The molecule has 104 valence electrons. The van der Waals surface area contributed by atoms with E-state index in [0.29, 0.717) is 16.1 Å². The third-order valence-electron chi connectivity index (χ3n) is 3.01. The zero-order valence-corrected chi connectivity index (χ0v) is 12.2. The lowest BCUT2D eigenvalue weighted by molar-refractivity contribution is -0.158. The van der Waals surface area contributed by atoms with Crippen molar-refractivity contribution in [2.24, 2.45) is 0 Å². The molecule has 0 aliphatic heterocycles. The highest BCUT2D eigenvalue weighted by Crippen LogP contribution is 2.34. The Morgan fingerprint density at radius 3 is 2.25 bits per heavy atom. The number of carbonyl (C=O) groups is 1. The van der Waals surface area contributed by atoms with Gasteiger partial charge in [0.2, 0.25) is 5.60 Å². The number of benzene rings is 2. The molecule has 0 heterocycles. The van der Waals surface area contributed by atoms with E-state index in [2.05, 4.69) is 0 Å². The first-order valence-corrected chi connectivity index (χ1v) is 6.57. The summed E-state index contributed by atoms with van der Waals surface area (Å²) >= 11 is 11.8.